The average Bonchev–Trinajstić information content (AvgIpc) is 2.63. The van der Waals surface area contributed by atoms with E-state index in [0.717, 1.165) is 34.5 Å². The smallest absolute Gasteiger partial charge is 0.321 e. The van der Waals surface area contributed by atoms with E-state index in [4.69, 9.17) is 4.74 Å². The highest BCUT2D eigenvalue weighted by molar-refractivity contribution is 9.10. The molecule has 1 aliphatic rings. The van der Waals surface area contributed by atoms with Crippen LogP contribution in [0.15, 0.2) is 53.0 Å². The van der Waals surface area contributed by atoms with E-state index < -0.39 is 0 Å². The second-order valence-electron chi connectivity index (χ2n) is 7.06. The first-order valence-electron chi connectivity index (χ1n) is 9.19. The maximum Gasteiger partial charge on any atom is 0.321 e. The second kappa shape index (κ2) is 8.76. The van der Waals surface area contributed by atoms with Crippen molar-refractivity contribution in [1.29, 1.82) is 0 Å². The van der Waals surface area contributed by atoms with Crippen LogP contribution in [0.2, 0.25) is 0 Å². The van der Waals surface area contributed by atoms with E-state index in [1.165, 1.54) is 0 Å². The van der Waals surface area contributed by atoms with Gasteiger partial charge in [-0.05, 0) is 37.6 Å². The molecule has 2 amide bonds. The van der Waals surface area contributed by atoms with Crippen LogP contribution in [0.4, 0.5) is 16.2 Å². The molecule has 1 heterocycles. The Balaban J connectivity index is 1.72. The summed E-state index contributed by atoms with van der Waals surface area (Å²) in [6.45, 7) is 6.31. The minimum atomic E-state index is -0.132. The van der Waals surface area contributed by atoms with Crippen LogP contribution in [0.3, 0.4) is 0 Å². The molecular weight excluding hydrogens is 406 g/mol. The number of nitrogens with one attached hydrogen (secondary N) is 1. The van der Waals surface area contributed by atoms with Crippen LogP contribution in [0.5, 0.6) is 0 Å². The first-order valence-corrected chi connectivity index (χ1v) is 9.98. The van der Waals surface area contributed by atoms with Crippen LogP contribution in [-0.2, 0) is 11.3 Å². The predicted molar refractivity (Wildman–Crippen MR) is 113 cm³/mol. The highest BCUT2D eigenvalue weighted by Crippen LogP contribution is 2.29. The number of benzene rings is 2. The molecule has 1 N–H and O–H groups in total. The minimum Gasteiger partial charge on any atom is -0.372 e. The fourth-order valence-electron chi connectivity index (χ4n) is 3.39. The van der Waals surface area contributed by atoms with E-state index in [1.807, 2.05) is 48.5 Å². The number of para-hydroxylation sites is 2. The number of nitrogens with zero attached hydrogens (tertiary/aromatic N) is 2. The summed E-state index contributed by atoms with van der Waals surface area (Å²) in [4.78, 5) is 16.7. The van der Waals surface area contributed by atoms with E-state index in [2.05, 4.69) is 40.0 Å². The first kappa shape index (κ1) is 19.7. The molecule has 3 rings (SSSR count). The molecule has 1 fully saturated rings. The van der Waals surface area contributed by atoms with Crippen LogP contribution in [0, 0.1) is 0 Å². The molecule has 144 valence electrons. The van der Waals surface area contributed by atoms with Crippen LogP contribution >= 0.6 is 15.9 Å². The summed E-state index contributed by atoms with van der Waals surface area (Å²) in [5, 5.41) is 3.07. The Morgan fingerprint density at radius 3 is 2.48 bits per heavy atom. The van der Waals surface area contributed by atoms with Gasteiger partial charge in [-0.3, -0.25) is 0 Å². The lowest BCUT2D eigenvalue weighted by Gasteiger charge is -2.37. The van der Waals surface area contributed by atoms with Crippen molar-refractivity contribution >= 4 is 33.3 Å². The third-order valence-corrected chi connectivity index (χ3v) is 5.39. The van der Waals surface area contributed by atoms with E-state index in [-0.39, 0.29) is 18.2 Å². The van der Waals surface area contributed by atoms with Crippen molar-refractivity contribution in [3.63, 3.8) is 0 Å². The summed E-state index contributed by atoms with van der Waals surface area (Å²) in [6, 6.07) is 15.7. The fraction of sp³-hybridized carbons (Fsp3) is 0.381. The van der Waals surface area contributed by atoms with Crippen molar-refractivity contribution in [2.24, 2.45) is 0 Å². The summed E-state index contributed by atoms with van der Waals surface area (Å²) in [6.07, 6.45) is 0.325. The average molecular weight is 432 g/mol. The van der Waals surface area contributed by atoms with Gasteiger partial charge in [0.25, 0.3) is 0 Å². The third-order valence-electron chi connectivity index (χ3n) is 4.62. The van der Waals surface area contributed by atoms with Gasteiger partial charge in [-0.2, -0.15) is 0 Å². The number of carbonyl (C=O) groups excluding carboxylic acids is 1. The lowest BCUT2D eigenvalue weighted by molar-refractivity contribution is -0.00517. The monoisotopic (exact) mass is 431 g/mol. The first-order chi connectivity index (χ1) is 12.9. The molecular formula is C21H26BrN3O2. The molecule has 0 bridgehead atoms. The van der Waals surface area contributed by atoms with Gasteiger partial charge in [-0.15, -0.1) is 0 Å². The number of rotatable bonds is 4. The number of ether oxygens (including phenoxy) is 1. The number of urea groups is 1. The highest BCUT2D eigenvalue weighted by atomic mass is 79.9. The molecule has 0 radical (unpaired) electrons. The number of hydrogen-bond donors (Lipinski definition) is 1. The van der Waals surface area contributed by atoms with E-state index in [1.54, 1.807) is 11.9 Å². The third kappa shape index (κ3) is 5.02. The van der Waals surface area contributed by atoms with Gasteiger partial charge in [-0.25, -0.2) is 4.79 Å². The molecule has 2 aromatic rings. The number of halogens is 1. The molecule has 1 aliphatic heterocycles. The summed E-state index contributed by atoms with van der Waals surface area (Å²) in [5.74, 6) is 0. The fourth-order valence-corrected chi connectivity index (χ4v) is 3.80. The molecule has 2 atom stereocenters. The Hall–Kier alpha value is -2.05. The van der Waals surface area contributed by atoms with Crippen molar-refractivity contribution in [2.45, 2.75) is 32.6 Å². The van der Waals surface area contributed by atoms with Crippen LogP contribution in [0.25, 0.3) is 0 Å². The zero-order chi connectivity index (χ0) is 19.4. The van der Waals surface area contributed by atoms with Gasteiger partial charge in [0.05, 0.1) is 23.6 Å². The number of anilines is 2. The van der Waals surface area contributed by atoms with E-state index >= 15 is 0 Å². The van der Waals surface area contributed by atoms with Gasteiger partial charge < -0.3 is 19.9 Å². The Morgan fingerprint density at radius 1 is 1.15 bits per heavy atom. The van der Waals surface area contributed by atoms with Gasteiger partial charge in [0.15, 0.2) is 0 Å². The van der Waals surface area contributed by atoms with Gasteiger partial charge in [-0.1, -0.05) is 46.3 Å². The largest absolute Gasteiger partial charge is 0.372 e. The lowest BCUT2D eigenvalue weighted by Crippen LogP contribution is -2.45. The summed E-state index contributed by atoms with van der Waals surface area (Å²) < 4.78 is 6.83. The van der Waals surface area contributed by atoms with Crippen molar-refractivity contribution in [2.75, 3.05) is 30.4 Å². The zero-order valence-corrected chi connectivity index (χ0v) is 17.6. The van der Waals surface area contributed by atoms with Crippen LogP contribution in [-0.4, -0.2) is 43.3 Å². The molecule has 6 heteroatoms. The van der Waals surface area contributed by atoms with E-state index in [9.17, 15) is 4.79 Å². The molecule has 1 saturated heterocycles. The standard InChI is InChI=1S/C21H26BrN3O2/c1-15-12-25(13-16(2)27-15)20-11-7-6-10-19(20)23-21(26)24(3)14-17-8-4-5-9-18(17)22/h4-11,15-16H,12-14H2,1-3H3,(H,23,26). The molecule has 2 aromatic carbocycles. The van der Waals surface area contributed by atoms with Gasteiger partial charge in [0.1, 0.15) is 0 Å². The summed E-state index contributed by atoms with van der Waals surface area (Å²) in [5.41, 5.74) is 2.92. The molecule has 0 aliphatic carbocycles. The predicted octanol–water partition coefficient (Wildman–Crippen LogP) is 4.73. The quantitative estimate of drug-likeness (QED) is 0.760. The Labute approximate surface area is 169 Å². The Bertz CT molecular complexity index is 789. The van der Waals surface area contributed by atoms with Gasteiger partial charge >= 0.3 is 6.03 Å². The molecule has 0 aromatic heterocycles. The molecule has 2 unspecified atom stereocenters. The van der Waals surface area contributed by atoms with Crippen molar-refractivity contribution in [3.05, 3.63) is 58.6 Å². The number of amides is 2. The minimum absolute atomic E-state index is 0.132. The van der Waals surface area contributed by atoms with Crippen molar-refractivity contribution in [3.8, 4) is 0 Å². The summed E-state index contributed by atoms with van der Waals surface area (Å²) >= 11 is 3.54. The zero-order valence-electron chi connectivity index (χ0n) is 16.0. The Kier molecular flexibility index (Phi) is 6.39. The maximum absolute atomic E-state index is 12.7. The van der Waals surface area contributed by atoms with Crippen LogP contribution < -0.4 is 10.2 Å². The topological polar surface area (TPSA) is 44.8 Å². The van der Waals surface area contributed by atoms with E-state index in [0.29, 0.717) is 6.54 Å². The summed E-state index contributed by atoms with van der Waals surface area (Å²) in [7, 11) is 1.80. The second-order valence-corrected chi connectivity index (χ2v) is 7.91. The molecule has 27 heavy (non-hydrogen) atoms. The normalized spacial score (nSPS) is 19.6. The van der Waals surface area contributed by atoms with Crippen molar-refractivity contribution in [1.82, 2.24) is 4.90 Å². The highest BCUT2D eigenvalue weighted by Gasteiger charge is 2.24. The molecule has 5 nitrogen and oxygen atoms in total. The van der Waals surface area contributed by atoms with Gasteiger partial charge in [0, 0.05) is 31.2 Å². The van der Waals surface area contributed by atoms with Crippen molar-refractivity contribution < 1.29 is 9.53 Å². The molecule has 0 spiro atoms. The number of carbonyl (C=O) groups is 1. The number of morpholine rings is 1. The van der Waals surface area contributed by atoms with Crippen LogP contribution in [0.1, 0.15) is 19.4 Å². The number of hydrogen-bond acceptors (Lipinski definition) is 3. The SMILES string of the molecule is CC1CN(c2ccccc2NC(=O)N(C)Cc2ccccc2Br)CC(C)O1. The molecule has 0 saturated carbocycles. The Morgan fingerprint density at radius 2 is 1.78 bits per heavy atom. The lowest BCUT2D eigenvalue weighted by atomic mass is 10.1. The maximum atomic E-state index is 12.7. The van der Waals surface area contributed by atoms with Gasteiger partial charge in [0.2, 0.25) is 0 Å².